The zero-order valence-electron chi connectivity index (χ0n) is 8.41. The van der Waals surface area contributed by atoms with Crippen molar-refractivity contribution in [3.63, 3.8) is 0 Å². The van der Waals surface area contributed by atoms with Gasteiger partial charge in [0.05, 0.1) is 6.42 Å². The highest BCUT2D eigenvalue weighted by Gasteiger charge is 2.58. The van der Waals surface area contributed by atoms with Gasteiger partial charge in [0, 0.05) is 6.42 Å². The van der Waals surface area contributed by atoms with E-state index in [9.17, 15) is 18.0 Å². The minimum atomic E-state index is -4.96. The zero-order valence-corrected chi connectivity index (χ0v) is 8.41. The van der Waals surface area contributed by atoms with Crippen LogP contribution in [0.15, 0.2) is 0 Å². The fourth-order valence-electron chi connectivity index (χ4n) is 1.05. The number of aliphatic hydroxyl groups is 1. The molecule has 2 unspecified atom stereocenters. The lowest BCUT2D eigenvalue weighted by atomic mass is 10.1. The molecular formula is C8H11F3O5. The summed E-state index contributed by atoms with van der Waals surface area (Å²) in [4.78, 5) is 10.8. The van der Waals surface area contributed by atoms with Crippen molar-refractivity contribution in [2.24, 2.45) is 0 Å². The summed E-state index contributed by atoms with van der Waals surface area (Å²) in [5.74, 6) is -4.04. The van der Waals surface area contributed by atoms with Gasteiger partial charge in [-0.15, -0.1) is 0 Å². The lowest BCUT2D eigenvalue weighted by Crippen LogP contribution is -2.54. The maximum absolute atomic E-state index is 12.3. The van der Waals surface area contributed by atoms with Crippen molar-refractivity contribution >= 4 is 5.97 Å². The molecule has 1 fully saturated rings. The van der Waals surface area contributed by atoms with Gasteiger partial charge in [0.25, 0.3) is 5.79 Å². The second-order valence-corrected chi connectivity index (χ2v) is 3.19. The highest BCUT2D eigenvalue weighted by atomic mass is 19.4. The largest absolute Gasteiger partial charge is 0.443 e. The number of hydrogen-bond donors (Lipinski definition) is 1. The van der Waals surface area contributed by atoms with Gasteiger partial charge in [-0.05, 0) is 0 Å². The van der Waals surface area contributed by atoms with Crippen molar-refractivity contribution in [3.05, 3.63) is 0 Å². The molecule has 0 aromatic heterocycles. The molecule has 0 aliphatic carbocycles. The molecule has 0 spiro atoms. The first-order valence-electron chi connectivity index (χ1n) is 4.52. The van der Waals surface area contributed by atoms with Gasteiger partial charge < -0.3 is 19.3 Å². The molecule has 1 heterocycles. The number of esters is 1. The van der Waals surface area contributed by atoms with Crippen LogP contribution < -0.4 is 0 Å². The van der Waals surface area contributed by atoms with E-state index < -0.39 is 37.4 Å². The van der Waals surface area contributed by atoms with Crippen LogP contribution in [-0.4, -0.2) is 36.1 Å². The van der Waals surface area contributed by atoms with E-state index in [2.05, 4.69) is 14.2 Å². The van der Waals surface area contributed by atoms with E-state index in [0.717, 1.165) is 0 Å². The Balaban J connectivity index is 2.63. The third kappa shape index (κ3) is 2.83. The van der Waals surface area contributed by atoms with Crippen molar-refractivity contribution in [2.75, 3.05) is 6.79 Å². The van der Waals surface area contributed by atoms with Gasteiger partial charge >= 0.3 is 12.1 Å². The predicted octanol–water partition coefficient (Wildman–Crippen LogP) is 0.911. The Morgan fingerprint density at radius 2 is 2.25 bits per heavy atom. The highest BCUT2D eigenvalue weighted by molar-refractivity contribution is 5.68. The Bertz CT molecular complexity index is 267. The molecule has 5 nitrogen and oxygen atoms in total. The third-order valence-electron chi connectivity index (χ3n) is 1.99. The van der Waals surface area contributed by atoms with Crippen LogP contribution in [0.4, 0.5) is 13.2 Å². The summed E-state index contributed by atoms with van der Waals surface area (Å²) in [6.45, 7) is 0.690. The summed E-state index contributed by atoms with van der Waals surface area (Å²) in [5, 5.41) is 9.15. The fourth-order valence-corrected chi connectivity index (χ4v) is 1.05. The molecule has 0 aromatic rings. The Hall–Kier alpha value is -0.860. The zero-order chi connectivity index (χ0) is 12.4. The molecule has 0 saturated carbocycles. The summed E-state index contributed by atoms with van der Waals surface area (Å²) in [6.07, 6.45) is -7.41. The van der Waals surface area contributed by atoms with Crippen LogP contribution in [0, 0.1) is 0 Å². The molecule has 1 aliphatic rings. The Kier molecular flexibility index (Phi) is 3.76. The first-order valence-corrected chi connectivity index (χ1v) is 4.52. The van der Waals surface area contributed by atoms with E-state index in [4.69, 9.17) is 5.11 Å². The molecule has 1 N–H and O–H groups in total. The van der Waals surface area contributed by atoms with Gasteiger partial charge in [0.15, 0.2) is 6.79 Å². The van der Waals surface area contributed by atoms with E-state index in [1.807, 2.05) is 0 Å². The maximum Gasteiger partial charge on any atom is 0.443 e. The van der Waals surface area contributed by atoms with Crippen LogP contribution in [0.3, 0.4) is 0 Å². The topological polar surface area (TPSA) is 65.0 Å². The SMILES string of the molecule is CCC(=O)OC1CC(O)(C(F)(F)F)OCO1. The Labute approximate surface area is 89.1 Å². The number of ether oxygens (including phenoxy) is 3. The Morgan fingerprint density at radius 1 is 1.62 bits per heavy atom. The first-order chi connectivity index (χ1) is 7.28. The normalized spacial score (nSPS) is 31.2. The summed E-state index contributed by atoms with van der Waals surface area (Å²) < 4.78 is 50.3. The second kappa shape index (κ2) is 4.56. The van der Waals surface area contributed by atoms with Crippen LogP contribution in [0.5, 0.6) is 0 Å². The van der Waals surface area contributed by atoms with Gasteiger partial charge in [-0.3, -0.25) is 4.79 Å². The van der Waals surface area contributed by atoms with Crippen molar-refractivity contribution in [2.45, 2.75) is 38.0 Å². The molecule has 0 aromatic carbocycles. The van der Waals surface area contributed by atoms with E-state index >= 15 is 0 Å². The molecule has 1 saturated heterocycles. The molecule has 16 heavy (non-hydrogen) atoms. The molecule has 1 rings (SSSR count). The van der Waals surface area contributed by atoms with Crippen molar-refractivity contribution < 1.29 is 37.3 Å². The van der Waals surface area contributed by atoms with Crippen LogP contribution in [0.2, 0.25) is 0 Å². The van der Waals surface area contributed by atoms with Gasteiger partial charge in [-0.25, -0.2) is 0 Å². The molecule has 0 amide bonds. The Morgan fingerprint density at radius 3 is 2.75 bits per heavy atom. The van der Waals surface area contributed by atoms with Crippen LogP contribution in [0.1, 0.15) is 19.8 Å². The number of hydrogen-bond acceptors (Lipinski definition) is 5. The summed E-state index contributed by atoms with van der Waals surface area (Å²) in [7, 11) is 0. The highest BCUT2D eigenvalue weighted by Crippen LogP contribution is 2.38. The molecule has 0 radical (unpaired) electrons. The molecule has 94 valence electrons. The van der Waals surface area contributed by atoms with Gasteiger partial charge in [-0.2, -0.15) is 13.2 Å². The third-order valence-corrected chi connectivity index (χ3v) is 1.99. The van der Waals surface area contributed by atoms with Crippen LogP contribution in [0.25, 0.3) is 0 Å². The maximum atomic E-state index is 12.3. The summed E-state index contributed by atoms with van der Waals surface area (Å²) >= 11 is 0. The lowest BCUT2D eigenvalue weighted by Gasteiger charge is -2.36. The number of carbonyl (C=O) groups excluding carboxylic acids is 1. The average Bonchev–Trinajstić information content (AvgIpc) is 2.16. The average molecular weight is 244 g/mol. The van der Waals surface area contributed by atoms with E-state index in [1.165, 1.54) is 6.92 Å². The molecule has 0 bridgehead atoms. The minimum Gasteiger partial charge on any atom is -0.435 e. The van der Waals surface area contributed by atoms with Crippen molar-refractivity contribution in [1.29, 1.82) is 0 Å². The van der Waals surface area contributed by atoms with Gasteiger partial charge in [0.1, 0.15) is 0 Å². The molecule has 2 atom stereocenters. The predicted molar refractivity (Wildman–Crippen MR) is 42.8 cm³/mol. The van der Waals surface area contributed by atoms with E-state index in [0.29, 0.717) is 0 Å². The lowest BCUT2D eigenvalue weighted by molar-refractivity contribution is -0.427. The van der Waals surface area contributed by atoms with E-state index in [-0.39, 0.29) is 6.42 Å². The molecule has 1 aliphatic heterocycles. The quantitative estimate of drug-likeness (QED) is 0.731. The summed E-state index contributed by atoms with van der Waals surface area (Å²) in [6, 6.07) is 0. The van der Waals surface area contributed by atoms with E-state index in [1.54, 1.807) is 0 Å². The van der Waals surface area contributed by atoms with Crippen molar-refractivity contribution in [3.8, 4) is 0 Å². The number of rotatable bonds is 2. The van der Waals surface area contributed by atoms with Gasteiger partial charge in [-0.1, -0.05) is 6.92 Å². The van der Waals surface area contributed by atoms with Gasteiger partial charge in [0.2, 0.25) is 6.29 Å². The molecule has 8 heteroatoms. The first kappa shape index (κ1) is 13.2. The fraction of sp³-hybridized carbons (Fsp3) is 0.875. The standard InChI is InChI=1S/C8H11F3O5/c1-2-5(12)16-6-3-7(13,8(9,10)11)15-4-14-6/h6,13H,2-4H2,1H3. The van der Waals surface area contributed by atoms with Crippen LogP contribution >= 0.6 is 0 Å². The number of carbonyl (C=O) groups is 1. The van der Waals surface area contributed by atoms with Crippen molar-refractivity contribution in [1.82, 2.24) is 0 Å². The second-order valence-electron chi connectivity index (χ2n) is 3.19. The van der Waals surface area contributed by atoms with Crippen LogP contribution in [-0.2, 0) is 19.0 Å². The smallest absolute Gasteiger partial charge is 0.435 e. The molecular weight excluding hydrogens is 233 g/mol. The minimum absolute atomic E-state index is 0.00512. The monoisotopic (exact) mass is 244 g/mol. The summed E-state index contributed by atoms with van der Waals surface area (Å²) in [5.41, 5.74) is 0. The number of halogens is 3. The number of alkyl halides is 3.